The molecule has 0 amide bonds. The van der Waals surface area contributed by atoms with Crippen LogP contribution in [0.1, 0.15) is 0 Å². The van der Waals surface area contributed by atoms with Crippen LogP contribution in [-0.4, -0.2) is 58.6 Å². The van der Waals surface area contributed by atoms with E-state index in [1.54, 1.807) is 0 Å². The minimum atomic E-state index is -3.53. The first-order valence-corrected chi connectivity index (χ1v) is 8.55. The van der Waals surface area contributed by atoms with Gasteiger partial charge in [0.15, 0.2) is 11.0 Å². The average molecular weight is 315 g/mol. The molecular formula is C9H11N6O3S2-. The molecule has 0 saturated heterocycles. The molecule has 0 radical (unpaired) electrons. The molecule has 0 aliphatic carbocycles. The lowest BCUT2D eigenvalue weighted by Gasteiger charge is -2.40. The molecule has 11 heteroatoms. The van der Waals surface area contributed by atoms with Gasteiger partial charge in [0, 0.05) is 13.2 Å². The van der Waals surface area contributed by atoms with E-state index in [2.05, 4.69) is 9.98 Å². The van der Waals surface area contributed by atoms with Crippen molar-refractivity contribution in [3.63, 3.8) is 0 Å². The summed E-state index contributed by atoms with van der Waals surface area (Å²) < 4.78 is 24.4. The Kier molecular flexibility index (Phi) is 2.83. The molecule has 0 fully saturated rings. The van der Waals surface area contributed by atoms with Crippen LogP contribution >= 0.6 is 11.8 Å². The van der Waals surface area contributed by atoms with Gasteiger partial charge in [-0.2, -0.15) is 4.41 Å². The van der Waals surface area contributed by atoms with Crippen LogP contribution in [0.15, 0.2) is 33.9 Å². The second-order valence-corrected chi connectivity index (χ2v) is 6.81. The summed E-state index contributed by atoms with van der Waals surface area (Å²) in [6, 6.07) is 0. The second-order valence-electron chi connectivity index (χ2n) is 4.20. The molecule has 108 valence electrons. The van der Waals surface area contributed by atoms with E-state index in [9.17, 15) is 13.6 Å². The minimum Gasteiger partial charge on any atom is -0.753 e. The number of aliphatic imine (C=N–C) groups is 2. The predicted molar refractivity (Wildman–Crippen MR) is 76.0 cm³/mol. The number of thioether (sulfide) groups is 1. The van der Waals surface area contributed by atoms with Crippen LogP contribution < -0.4 is 0 Å². The molecule has 3 rings (SSSR count). The average Bonchev–Trinajstić information content (AvgIpc) is 2.89. The van der Waals surface area contributed by atoms with Crippen LogP contribution in [0.2, 0.25) is 0 Å². The van der Waals surface area contributed by atoms with Gasteiger partial charge < -0.3 is 10.3 Å². The second kappa shape index (κ2) is 4.22. The molecule has 0 aromatic rings. The van der Waals surface area contributed by atoms with Gasteiger partial charge in [-0.15, -0.1) is 5.12 Å². The zero-order chi connectivity index (χ0) is 14.7. The molecule has 0 bridgehead atoms. The van der Waals surface area contributed by atoms with Gasteiger partial charge in [0.05, 0.1) is 12.5 Å². The van der Waals surface area contributed by atoms with E-state index < -0.39 is 10.0 Å². The lowest BCUT2D eigenvalue weighted by molar-refractivity contribution is 0.00512. The van der Waals surface area contributed by atoms with Crippen LogP contribution in [0.5, 0.6) is 0 Å². The Balaban J connectivity index is 2.07. The first-order valence-electron chi connectivity index (χ1n) is 5.48. The molecule has 0 unspecified atom stereocenters. The Morgan fingerprint density at radius 2 is 2.00 bits per heavy atom. The molecule has 20 heavy (non-hydrogen) atoms. The number of hydrogen-bond acceptors (Lipinski definition) is 9. The first-order chi connectivity index (χ1) is 9.32. The van der Waals surface area contributed by atoms with E-state index >= 15 is 0 Å². The molecule has 0 N–H and O–H groups in total. The Hall–Kier alpha value is -1.56. The third-order valence-corrected chi connectivity index (χ3v) is 4.42. The smallest absolute Gasteiger partial charge is 0.246 e. The molecule has 3 aliphatic rings. The van der Waals surface area contributed by atoms with Crippen molar-refractivity contribution in [3.8, 4) is 0 Å². The van der Waals surface area contributed by atoms with Crippen molar-refractivity contribution in [2.24, 2.45) is 9.98 Å². The fraction of sp³-hybridized carbons (Fsp3) is 0.333. The number of rotatable bonds is 1. The zero-order valence-corrected chi connectivity index (χ0v) is 12.5. The van der Waals surface area contributed by atoms with Crippen molar-refractivity contribution in [3.05, 3.63) is 29.1 Å². The lowest BCUT2D eigenvalue weighted by Crippen LogP contribution is -2.50. The number of hydrogen-bond donors (Lipinski definition) is 0. The van der Waals surface area contributed by atoms with Gasteiger partial charge >= 0.3 is 0 Å². The molecule has 0 atom stereocenters. The van der Waals surface area contributed by atoms with E-state index in [1.165, 1.54) is 41.3 Å². The van der Waals surface area contributed by atoms with Gasteiger partial charge in [-0.1, -0.05) is 11.8 Å². The molecule has 3 aliphatic heterocycles. The Labute approximate surface area is 120 Å². The van der Waals surface area contributed by atoms with Crippen molar-refractivity contribution < 1.29 is 8.42 Å². The number of hydroxylamine groups is 2. The molecule has 0 aromatic heterocycles. The van der Waals surface area contributed by atoms with Crippen molar-refractivity contribution >= 4 is 32.8 Å². The molecular weight excluding hydrogens is 304 g/mol. The van der Waals surface area contributed by atoms with E-state index in [4.69, 9.17) is 0 Å². The quantitative estimate of drug-likeness (QED) is 0.667. The number of amidine groups is 2. The van der Waals surface area contributed by atoms with Crippen molar-refractivity contribution in [2.45, 2.75) is 0 Å². The lowest BCUT2D eigenvalue weighted by atomic mass is 10.3. The summed E-state index contributed by atoms with van der Waals surface area (Å²) in [6.45, 7) is 0. The summed E-state index contributed by atoms with van der Waals surface area (Å²) in [7, 11) is -2.00. The van der Waals surface area contributed by atoms with Gasteiger partial charge in [-0.3, -0.25) is 0 Å². The normalized spacial score (nSPS) is 22.3. The van der Waals surface area contributed by atoms with Crippen LogP contribution in [0.3, 0.4) is 0 Å². The number of fused-ring (bicyclic) bond motifs is 3. The largest absolute Gasteiger partial charge is 0.753 e. The van der Waals surface area contributed by atoms with Crippen molar-refractivity contribution in [1.29, 1.82) is 0 Å². The molecule has 0 saturated carbocycles. The highest BCUT2D eigenvalue weighted by Gasteiger charge is 2.41. The highest BCUT2D eigenvalue weighted by Crippen LogP contribution is 2.34. The van der Waals surface area contributed by atoms with Crippen molar-refractivity contribution in [1.82, 2.24) is 19.6 Å². The minimum absolute atomic E-state index is 0.151. The van der Waals surface area contributed by atoms with E-state index in [1.807, 2.05) is 6.26 Å². The van der Waals surface area contributed by atoms with E-state index in [0.29, 0.717) is 21.8 Å². The number of sulfonamides is 1. The fourth-order valence-corrected chi connectivity index (χ4v) is 3.17. The predicted octanol–water partition coefficient (Wildman–Crippen LogP) is -0.0898. The van der Waals surface area contributed by atoms with E-state index in [0.717, 1.165) is 10.7 Å². The number of nitrogens with zero attached hydrogens (tertiary/aromatic N) is 6. The monoisotopic (exact) mass is 315 g/mol. The van der Waals surface area contributed by atoms with Gasteiger partial charge in [0.1, 0.15) is 11.5 Å². The van der Waals surface area contributed by atoms with Crippen LogP contribution in [-0.2, 0) is 10.0 Å². The summed E-state index contributed by atoms with van der Waals surface area (Å²) in [5.41, 5.74) is 0.406. The molecule has 3 heterocycles. The maximum Gasteiger partial charge on any atom is 0.246 e. The first kappa shape index (κ1) is 13.4. The Bertz CT molecular complexity index is 694. The van der Waals surface area contributed by atoms with Gasteiger partial charge in [-0.25, -0.2) is 23.4 Å². The summed E-state index contributed by atoms with van der Waals surface area (Å²) >= 11 is 1.35. The molecule has 9 nitrogen and oxygen atoms in total. The standard InChI is InChI=1S/C9H11N6O3S2/c1-12-14(20(3,17)18)5-7-13(16)4-6-8(15(7)12)11-9(10-6)19-2/h4-5H,1-3H3/q-1. The van der Waals surface area contributed by atoms with Crippen LogP contribution in [0.4, 0.5) is 0 Å². The SMILES string of the molecule is CSC1=NC2=CN([O-])C3=CN(S(C)(=O)=O)N(C)N3C2=N1. The number of hydrazine groups is 2. The molecule has 0 aromatic carbocycles. The Morgan fingerprint density at radius 1 is 1.30 bits per heavy atom. The summed E-state index contributed by atoms with van der Waals surface area (Å²) in [6.07, 6.45) is 5.41. The fourth-order valence-electron chi connectivity index (χ4n) is 2.02. The van der Waals surface area contributed by atoms with Gasteiger partial charge in [0.25, 0.3) is 0 Å². The third-order valence-electron chi connectivity index (χ3n) is 2.85. The van der Waals surface area contributed by atoms with Crippen molar-refractivity contribution in [2.75, 3.05) is 19.6 Å². The summed E-state index contributed by atoms with van der Waals surface area (Å²) in [4.78, 5) is 8.48. The van der Waals surface area contributed by atoms with Crippen LogP contribution in [0.25, 0.3) is 0 Å². The van der Waals surface area contributed by atoms with Gasteiger partial charge in [0.2, 0.25) is 10.0 Å². The zero-order valence-electron chi connectivity index (χ0n) is 10.9. The summed E-state index contributed by atoms with van der Waals surface area (Å²) in [5.74, 6) is 0.583. The highest BCUT2D eigenvalue weighted by atomic mass is 32.2. The summed E-state index contributed by atoms with van der Waals surface area (Å²) in [5, 5.41) is 15.8. The van der Waals surface area contributed by atoms with Gasteiger partial charge in [-0.05, 0) is 6.26 Å². The maximum atomic E-state index is 12.0. The highest BCUT2D eigenvalue weighted by molar-refractivity contribution is 8.13. The third kappa shape index (κ3) is 1.82. The topological polar surface area (TPSA) is 94.9 Å². The maximum absolute atomic E-state index is 12.0. The Morgan fingerprint density at radius 3 is 2.60 bits per heavy atom. The molecule has 0 spiro atoms. The van der Waals surface area contributed by atoms with E-state index in [-0.39, 0.29) is 5.82 Å². The van der Waals surface area contributed by atoms with Crippen LogP contribution in [0, 0.1) is 5.21 Å².